The van der Waals surface area contributed by atoms with Crippen molar-refractivity contribution in [1.29, 1.82) is 0 Å². The topological polar surface area (TPSA) is 63.2 Å². The molecule has 0 aromatic carbocycles. The normalized spacial score (nSPS) is 11.9. The van der Waals surface area contributed by atoms with Gasteiger partial charge in [0, 0.05) is 0 Å². The molecule has 0 saturated heterocycles. The minimum absolute atomic E-state index is 0.149. The Kier molecular flexibility index (Phi) is 11.8. The molecular formula is C11H21AlCl4N2O3S. The lowest BCUT2D eigenvalue weighted by Gasteiger charge is -1.97. The summed E-state index contributed by atoms with van der Waals surface area (Å²) >= 11 is 0. The average Bonchev–Trinajstić information content (AvgIpc) is 2.77. The standard InChI is InChI=1S/C11H20N2O3S.Al.4ClH/c1-2-3-6-12-8-9-13(11-12)7-4-5-10-17(14,15)16;;;;;/h8-9,11H,2-7,10H2,1H3;;4*1H/q;+3;;;;/p-3. The van der Waals surface area contributed by atoms with E-state index in [1.165, 1.54) is 6.42 Å². The van der Waals surface area contributed by atoms with Gasteiger partial charge < -0.3 is 40.2 Å². The van der Waals surface area contributed by atoms with Gasteiger partial charge >= 0.3 is 9.39 Å². The van der Waals surface area contributed by atoms with Crippen LogP contribution in [0, 0.1) is 0 Å². The van der Waals surface area contributed by atoms with Crippen LogP contribution in [0.25, 0.3) is 0 Å². The van der Waals surface area contributed by atoms with Gasteiger partial charge in [-0.15, -0.1) is 0 Å². The number of imidazole rings is 1. The highest BCUT2D eigenvalue weighted by Crippen LogP contribution is 2.23. The first kappa shape index (κ1) is 22.8. The number of hydrogen-bond donors (Lipinski definition) is 1. The molecule has 22 heavy (non-hydrogen) atoms. The smallest absolute Gasteiger partial charge is 0.391 e. The monoisotopic (exact) mass is 428 g/mol. The zero-order valence-corrected chi connectivity index (χ0v) is 17.3. The predicted octanol–water partition coefficient (Wildman–Crippen LogP) is 3.62. The summed E-state index contributed by atoms with van der Waals surface area (Å²) in [5, 5.41) is 0. The molecule has 0 bridgehead atoms. The van der Waals surface area contributed by atoms with Crippen LogP contribution in [0.1, 0.15) is 32.6 Å². The molecule has 1 aromatic heterocycles. The molecule has 1 heterocycles. The third kappa shape index (κ3) is 17.2. The number of halogens is 4. The molecular weight excluding hydrogens is 409 g/mol. The van der Waals surface area contributed by atoms with Crippen LogP contribution < -0.4 is 4.57 Å². The molecule has 0 atom stereocenters. The Bertz CT molecular complexity index is 514. The van der Waals surface area contributed by atoms with Gasteiger partial charge in [0.05, 0.1) is 18.8 Å². The van der Waals surface area contributed by atoms with Gasteiger partial charge in [0.1, 0.15) is 12.4 Å². The van der Waals surface area contributed by atoms with Crippen molar-refractivity contribution in [3.05, 3.63) is 18.7 Å². The van der Waals surface area contributed by atoms with Crippen molar-refractivity contribution >= 4 is 59.7 Å². The lowest BCUT2D eigenvalue weighted by molar-refractivity contribution is -0.696. The Morgan fingerprint density at radius 3 is 2.27 bits per heavy atom. The molecule has 130 valence electrons. The van der Waals surface area contributed by atoms with Crippen molar-refractivity contribution in [3.8, 4) is 0 Å². The van der Waals surface area contributed by atoms with E-state index in [2.05, 4.69) is 11.5 Å². The van der Waals surface area contributed by atoms with E-state index in [-0.39, 0.29) is 5.75 Å². The van der Waals surface area contributed by atoms with E-state index < -0.39 is 19.5 Å². The van der Waals surface area contributed by atoms with Crippen LogP contribution in [0.2, 0.25) is 0 Å². The Morgan fingerprint density at radius 2 is 1.77 bits per heavy atom. The number of nitrogens with zero attached hydrogens (tertiary/aromatic N) is 2. The van der Waals surface area contributed by atoms with E-state index >= 15 is 0 Å². The lowest BCUT2D eigenvalue weighted by atomic mass is 10.3. The fourth-order valence-electron chi connectivity index (χ4n) is 1.62. The summed E-state index contributed by atoms with van der Waals surface area (Å²) in [6.45, 7) is 3.97. The molecule has 0 aliphatic heterocycles. The third-order valence-electron chi connectivity index (χ3n) is 2.58. The largest absolute Gasteiger partial charge is 0.564 e. The van der Waals surface area contributed by atoms with E-state index in [1.54, 1.807) is 0 Å². The van der Waals surface area contributed by atoms with Crippen LogP contribution in [0.5, 0.6) is 0 Å². The van der Waals surface area contributed by atoms with Crippen LogP contribution in [0.4, 0.5) is 0 Å². The number of aryl methyl sites for hydroxylation is 2. The van der Waals surface area contributed by atoms with Gasteiger partial charge in [-0.25, -0.2) is 9.13 Å². The Morgan fingerprint density at radius 1 is 1.18 bits per heavy atom. The minimum Gasteiger partial charge on any atom is -0.391 e. The van der Waals surface area contributed by atoms with Gasteiger partial charge in [-0.1, -0.05) is 13.3 Å². The molecule has 0 fully saturated rings. The predicted molar refractivity (Wildman–Crippen MR) is 94.4 cm³/mol. The van der Waals surface area contributed by atoms with Crippen molar-refractivity contribution in [1.82, 2.24) is 4.57 Å². The van der Waals surface area contributed by atoms with Gasteiger partial charge in [-0.2, -0.15) is 8.42 Å². The lowest BCUT2D eigenvalue weighted by Crippen LogP contribution is -2.31. The maximum atomic E-state index is 10.5. The molecule has 1 rings (SSSR count). The number of rotatable bonds is 8. The van der Waals surface area contributed by atoms with Crippen molar-refractivity contribution in [2.75, 3.05) is 5.75 Å². The van der Waals surface area contributed by atoms with E-state index in [0.717, 1.165) is 25.9 Å². The molecule has 0 amide bonds. The summed E-state index contributed by atoms with van der Waals surface area (Å²) < 4.78 is 33.8. The van der Waals surface area contributed by atoms with Crippen LogP contribution in [0.15, 0.2) is 18.7 Å². The number of aromatic nitrogens is 2. The second kappa shape index (κ2) is 11.4. The average molecular weight is 430 g/mol. The zero-order valence-electron chi connectivity index (χ0n) is 12.3. The SMILES string of the molecule is CCCCn1cc[n+](CCCCS(=O)(=O)O)c1.[Cl][Al-]([Cl])([Cl])[Cl]. The molecule has 5 nitrogen and oxygen atoms in total. The zero-order chi connectivity index (χ0) is 17.2. The van der Waals surface area contributed by atoms with Crippen molar-refractivity contribution < 1.29 is 17.5 Å². The fraction of sp³-hybridized carbons (Fsp3) is 0.727. The second-order valence-electron chi connectivity index (χ2n) is 4.73. The maximum absolute atomic E-state index is 10.5. The van der Waals surface area contributed by atoms with E-state index in [4.69, 9.17) is 44.7 Å². The highest BCUT2D eigenvalue weighted by Gasteiger charge is 2.14. The van der Waals surface area contributed by atoms with Crippen LogP contribution >= 0.6 is 40.2 Å². The van der Waals surface area contributed by atoms with Gasteiger partial charge in [0.25, 0.3) is 10.1 Å². The first-order chi connectivity index (χ1) is 10.0. The summed E-state index contributed by atoms with van der Waals surface area (Å²) in [7, 11) is 13.2. The van der Waals surface area contributed by atoms with Crippen molar-refractivity contribution in [2.45, 2.75) is 45.7 Å². The molecule has 1 N–H and O–H groups in total. The van der Waals surface area contributed by atoms with Gasteiger partial charge in [-0.3, -0.25) is 4.55 Å². The summed E-state index contributed by atoms with van der Waals surface area (Å²) in [4.78, 5) is 0. The quantitative estimate of drug-likeness (QED) is 0.297. The van der Waals surface area contributed by atoms with Gasteiger partial charge in [-0.05, 0) is 19.3 Å². The van der Waals surface area contributed by atoms with E-state index in [0.29, 0.717) is 6.42 Å². The molecule has 0 unspecified atom stereocenters. The van der Waals surface area contributed by atoms with Crippen molar-refractivity contribution in [2.24, 2.45) is 0 Å². The summed E-state index contributed by atoms with van der Waals surface area (Å²) in [5.41, 5.74) is 0. The van der Waals surface area contributed by atoms with Gasteiger partial charge in [0.15, 0.2) is 0 Å². The van der Waals surface area contributed by atoms with Crippen LogP contribution in [-0.2, 0) is 23.2 Å². The number of unbranched alkanes of at least 4 members (excludes halogenated alkanes) is 2. The van der Waals surface area contributed by atoms with Crippen LogP contribution in [0.3, 0.4) is 0 Å². The van der Waals surface area contributed by atoms with E-state index in [9.17, 15) is 8.42 Å². The van der Waals surface area contributed by atoms with Gasteiger partial charge in [0.2, 0.25) is 6.33 Å². The second-order valence-corrected chi connectivity index (χ2v) is 19.2. The maximum Gasteiger partial charge on any atom is 0.564 e. The highest BCUT2D eigenvalue weighted by atomic mass is 35.9. The molecule has 11 heteroatoms. The van der Waals surface area contributed by atoms with Crippen LogP contribution in [-0.4, -0.2) is 32.7 Å². The fourth-order valence-corrected chi connectivity index (χ4v) is 2.19. The minimum atomic E-state index is -3.80. The summed E-state index contributed by atoms with van der Waals surface area (Å²) in [5.74, 6) is -0.149. The molecule has 0 saturated carbocycles. The Hall–Kier alpha value is 0.812. The first-order valence-corrected chi connectivity index (χ1v) is 15.5. The number of hydrogen-bond acceptors (Lipinski definition) is 2. The summed E-state index contributed by atoms with van der Waals surface area (Å²) in [6, 6.07) is 0. The third-order valence-corrected chi connectivity index (χ3v) is 3.39. The molecule has 0 radical (unpaired) electrons. The van der Waals surface area contributed by atoms with Crippen molar-refractivity contribution in [3.63, 3.8) is 0 Å². The molecule has 0 spiro atoms. The van der Waals surface area contributed by atoms with E-state index in [1.807, 2.05) is 23.3 Å². The molecule has 0 aliphatic carbocycles. The Labute approximate surface area is 151 Å². The Balaban J connectivity index is 0.000000763. The molecule has 1 aromatic rings. The molecule has 0 aliphatic rings. The summed E-state index contributed by atoms with van der Waals surface area (Å²) in [6.07, 6.45) is 9.63. The highest BCUT2D eigenvalue weighted by molar-refractivity contribution is 7.85. The first-order valence-electron chi connectivity index (χ1n) is 6.88.